The minimum Gasteiger partial charge on any atom is -0.495 e. The summed E-state index contributed by atoms with van der Waals surface area (Å²) in [7, 11) is 1.53. The third kappa shape index (κ3) is 3.67. The van der Waals surface area contributed by atoms with Gasteiger partial charge in [-0.15, -0.1) is 0 Å². The van der Waals surface area contributed by atoms with E-state index in [4.69, 9.17) is 9.84 Å². The smallest absolute Gasteiger partial charge is 0.308 e. The first kappa shape index (κ1) is 17.8. The molecule has 130 valence electrons. The normalized spacial score (nSPS) is 19.7. The highest BCUT2D eigenvalue weighted by molar-refractivity contribution is 6.01. The number of carbonyl (C=O) groups excluding carboxylic acids is 2. The molecule has 7 nitrogen and oxygen atoms in total. The van der Waals surface area contributed by atoms with Crippen molar-refractivity contribution in [2.75, 3.05) is 18.6 Å². The summed E-state index contributed by atoms with van der Waals surface area (Å²) in [6, 6.07) is 6.63. The van der Waals surface area contributed by atoms with Crippen LogP contribution >= 0.6 is 0 Å². The van der Waals surface area contributed by atoms with Crippen molar-refractivity contribution in [2.24, 2.45) is 11.8 Å². The van der Waals surface area contributed by atoms with Crippen LogP contribution in [-0.4, -0.2) is 42.6 Å². The summed E-state index contributed by atoms with van der Waals surface area (Å²) in [5.41, 5.74) is 0.632. The first-order valence-corrected chi connectivity index (χ1v) is 7.81. The number of para-hydroxylation sites is 2. The molecule has 3 unspecified atom stereocenters. The van der Waals surface area contributed by atoms with Crippen molar-refractivity contribution < 1.29 is 24.2 Å². The molecule has 0 saturated carbocycles. The molecule has 0 aliphatic carbocycles. The van der Waals surface area contributed by atoms with E-state index in [-0.39, 0.29) is 24.8 Å². The first-order chi connectivity index (χ1) is 11.3. The van der Waals surface area contributed by atoms with Crippen molar-refractivity contribution in [1.82, 2.24) is 5.32 Å². The van der Waals surface area contributed by atoms with Crippen molar-refractivity contribution in [3.05, 3.63) is 24.3 Å². The monoisotopic (exact) mass is 334 g/mol. The predicted octanol–water partition coefficient (Wildman–Crippen LogP) is 1.27. The fourth-order valence-corrected chi connectivity index (χ4v) is 2.65. The summed E-state index contributed by atoms with van der Waals surface area (Å²) in [6.07, 6.45) is 0.0953. The Hall–Kier alpha value is -2.57. The lowest BCUT2D eigenvalue weighted by Crippen LogP contribution is -2.43. The van der Waals surface area contributed by atoms with E-state index in [0.29, 0.717) is 11.4 Å². The van der Waals surface area contributed by atoms with E-state index >= 15 is 0 Å². The number of aliphatic carboxylic acids is 1. The van der Waals surface area contributed by atoms with Crippen molar-refractivity contribution >= 4 is 23.5 Å². The molecule has 2 rings (SSSR count). The summed E-state index contributed by atoms with van der Waals surface area (Å²) in [4.78, 5) is 37.1. The molecular weight excluding hydrogens is 312 g/mol. The molecule has 0 radical (unpaired) electrons. The van der Waals surface area contributed by atoms with Crippen LogP contribution < -0.4 is 15.0 Å². The Morgan fingerprint density at radius 3 is 2.62 bits per heavy atom. The average Bonchev–Trinajstić information content (AvgIpc) is 2.95. The Morgan fingerprint density at radius 2 is 2.00 bits per heavy atom. The second-order valence-corrected chi connectivity index (χ2v) is 6.00. The Bertz CT molecular complexity index is 646. The molecule has 2 amide bonds. The molecule has 0 spiro atoms. The topological polar surface area (TPSA) is 95.9 Å². The van der Waals surface area contributed by atoms with Crippen molar-refractivity contribution in [1.29, 1.82) is 0 Å². The van der Waals surface area contributed by atoms with Crippen LogP contribution in [0, 0.1) is 11.8 Å². The number of anilines is 1. The van der Waals surface area contributed by atoms with Crippen LogP contribution in [0.4, 0.5) is 5.69 Å². The highest BCUT2D eigenvalue weighted by Crippen LogP contribution is 2.32. The van der Waals surface area contributed by atoms with Gasteiger partial charge in [0.05, 0.1) is 24.6 Å². The zero-order valence-corrected chi connectivity index (χ0v) is 14.0. The zero-order valence-electron chi connectivity index (χ0n) is 14.0. The van der Waals surface area contributed by atoms with Gasteiger partial charge in [0, 0.05) is 19.0 Å². The van der Waals surface area contributed by atoms with E-state index < -0.39 is 23.8 Å². The van der Waals surface area contributed by atoms with Gasteiger partial charge >= 0.3 is 5.97 Å². The van der Waals surface area contributed by atoms with Gasteiger partial charge in [0.15, 0.2) is 0 Å². The summed E-state index contributed by atoms with van der Waals surface area (Å²) in [6.45, 7) is 3.43. The van der Waals surface area contributed by atoms with Crippen LogP contribution in [-0.2, 0) is 14.4 Å². The number of nitrogens with one attached hydrogen (secondary N) is 1. The van der Waals surface area contributed by atoms with Gasteiger partial charge in [-0.3, -0.25) is 14.4 Å². The standard InChI is InChI=1S/C17H22N2O5/c1-10(17(22)23)11(2)18-16(21)12-8-15(20)19(9-12)13-6-4-5-7-14(13)24-3/h4-7,10-12H,8-9H2,1-3H3,(H,18,21)(H,22,23). The van der Waals surface area contributed by atoms with Crippen LogP contribution in [0.3, 0.4) is 0 Å². The van der Waals surface area contributed by atoms with Crippen LogP contribution in [0.1, 0.15) is 20.3 Å². The molecule has 0 aromatic heterocycles. The second kappa shape index (κ2) is 7.33. The minimum atomic E-state index is -0.971. The van der Waals surface area contributed by atoms with E-state index in [9.17, 15) is 14.4 Å². The largest absolute Gasteiger partial charge is 0.495 e. The van der Waals surface area contributed by atoms with Gasteiger partial charge < -0.3 is 20.1 Å². The maximum absolute atomic E-state index is 12.3. The second-order valence-electron chi connectivity index (χ2n) is 6.00. The van der Waals surface area contributed by atoms with Crippen molar-refractivity contribution in [3.63, 3.8) is 0 Å². The van der Waals surface area contributed by atoms with Crippen LogP contribution in [0.25, 0.3) is 0 Å². The molecule has 0 bridgehead atoms. The molecule has 1 aromatic rings. The first-order valence-electron chi connectivity index (χ1n) is 7.81. The minimum absolute atomic E-state index is 0.0953. The van der Waals surface area contributed by atoms with Crippen LogP contribution in [0.2, 0.25) is 0 Å². The number of hydrogen-bond acceptors (Lipinski definition) is 4. The molecule has 2 N–H and O–H groups in total. The number of carbonyl (C=O) groups is 3. The fraction of sp³-hybridized carbons (Fsp3) is 0.471. The lowest BCUT2D eigenvalue weighted by molar-refractivity contribution is -0.142. The third-order valence-electron chi connectivity index (χ3n) is 4.38. The molecule has 1 aliphatic rings. The lowest BCUT2D eigenvalue weighted by Gasteiger charge is -2.21. The SMILES string of the molecule is COc1ccccc1N1CC(C(=O)NC(C)C(C)C(=O)O)CC1=O. The number of nitrogens with zero attached hydrogens (tertiary/aromatic N) is 1. The van der Waals surface area contributed by atoms with E-state index in [2.05, 4.69) is 5.32 Å². The molecule has 1 aromatic carbocycles. The Kier molecular flexibility index (Phi) is 5.43. The maximum Gasteiger partial charge on any atom is 0.308 e. The highest BCUT2D eigenvalue weighted by Gasteiger charge is 2.37. The zero-order chi connectivity index (χ0) is 17.9. The predicted molar refractivity (Wildman–Crippen MR) is 87.9 cm³/mol. The Balaban J connectivity index is 2.06. The van der Waals surface area contributed by atoms with E-state index in [1.807, 2.05) is 6.07 Å². The summed E-state index contributed by atoms with van der Waals surface area (Å²) < 4.78 is 5.26. The summed E-state index contributed by atoms with van der Waals surface area (Å²) in [5, 5.41) is 11.7. The highest BCUT2D eigenvalue weighted by atomic mass is 16.5. The number of benzene rings is 1. The molecular formula is C17H22N2O5. The van der Waals surface area contributed by atoms with Gasteiger partial charge in [-0.25, -0.2) is 0 Å². The van der Waals surface area contributed by atoms with Crippen LogP contribution in [0.5, 0.6) is 5.75 Å². The summed E-state index contributed by atoms with van der Waals surface area (Å²) in [5.74, 6) is -2.07. The number of carboxylic acid groups (broad SMARTS) is 1. The number of hydrogen-bond donors (Lipinski definition) is 2. The molecule has 24 heavy (non-hydrogen) atoms. The van der Waals surface area contributed by atoms with Gasteiger partial charge in [-0.1, -0.05) is 12.1 Å². The van der Waals surface area contributed by atoms with Gasteiger partial charge in [-0.05, 0) is 26.0 Å². The van der Waals surface area contributed by atoms with Gasteiger partial charge in [0.1, 0.15) is 5.75 Å². The molecule has 1 heterocycles. The number of carboxylic acids is 1. The molecule has 1 aliphatic heterocycles. The fourth-order valence-electron chi connectivity index (χ4n) is 2.65. The molecule has 3 atom stereocenters. The summed E-state index contributed by atoms with van der Waals surface area (Å²) >= 11 is 0. The Labute approximate surface area is 140 Å². The Morgan fingerprint density at radius 1 is 1.33 bits per heavy atom. The number of methoxy groups -OCH3 is 1. The number of ether oxygens (including phenoxy) is 1. The van der Waals surface area contributed by atoms with E-state index in [1.165, 1.54) is 18.9 Å². The molecule has 7 heteroatoms. The lowest BCUT2D eigenvalue weighted by atomic mass is 10.0. The third-order valence-corrected chi connectivity index (χ3v) is 4.38. The average molecular weight is 334 g/mol. The van der Waals surface area contributed by atoms with Gasteiger partial charge in [-0.2, -0.15) is 0 Å². The van der Waals surface area contributed by atoms with E-state index in [0.717, 1.165) is 0 Å². The van der Waals surface area contributed by atoms with Gasteiger partial charge in [0.25, 0.3) is 0 Å². The molecule has 1 fully saturated rings. The molecule has 1 saturated heterocycles. The van der Waals surface area contributed by atoms with E-state index in [1.54, 1.807) is 25.1 Å². The maximum atomic E-state index is 12.3. The van der Waals surface area contributed by atoms with Gasteiger partial charge in [0.2, 0.25) is 11.8 Å². The van der Waals surface area contributed by atoms with Crippen molar-refractivity contribution in [2.45, 2.75) is 26.3 Å². The van der Waals surface area contributed by atoms with Crippen molar-refractivity contribution in [3.8, 4) is 5.75 Å². The number of rotatable bonds is 6. The van der Waals surface area contributed by atoms with Crippen LogP contribution in [0.15, 0.2) is 24.3 Å². The quantitative estimate of drug-likeness (QED) is 0.817. The number of amides is 2.